The van der Waals surface area contributed by atoms with Crippen LogP contribution in [0.4, 0.5) is 0 Å². The fourth-order valence-corrected chi connectivity index (χ4v) is 0.556. The van der Waals surface area contributed by atoms with Gasteiger partial charge in [-0.3, -0.25) is 0 Å². The van der Waals surface area contributed by atoms with Crippen LogP contribution in [0.1, 0.15) is 18.5 Å². The van der Waals surface area contributed by atoms with Crippen molar-refractivity contribution in [1.82, 2.24) is 10.2 Å². The van der Waals surface area contributed by atoms with Crippen molar-refractivity contribution in [3.63, 3.8) is 0 Å². The first-order valence-electron chi connectivity index (χ1n) is 2.84. The normalized spacial score (nSPS) is 10.1. The summed E-state index contributed by atoms with van der Waals surface area (Å²) >= 11 is 0. The molecule has 1 rings (SSSR count). The van der Waals surface area contributed by atoms with Crippen molar-refractivity contribution < 1.29 is 0 Å². The predicted octanol–water partition coefficient (Wildman–Crippen LogP) is 1.29. The Morgan fingerprint density at radius 3 is 2.78 bits per heavy atom. The Morgan fingerprint density at radius 2 is 2.44 bits per heavy atom. The summed E-state index contributed by atoms with van der Waals surface area (Å²) in [6.45, 7) is 7.39. The summed E-state index contributed by atoms with van der Waals surface area (Å²) in [5.74, 6) is -0.0151. The number of aromatic nitrogens is 2. The van der Waals surface area contributed by atoms with Gasteiger partial charge in [0.25, 0.3) is 0 Å². The van der Waals surface area contributed by atoms with Crippen LogP contribution in [-0.2, 0) is 0 Å². The van der Waals surface area contributed by atoms with E-state index in [1.54, 1.807) is 6.20 Å². The van der Waals surface area contributed by atoms with Crippen molar-refractivity contribution in [3.05, 3.63) is 30.9 Å². The minimum Gasteiger partial charge on any atom is -0.159 e. The van der Waals surface area contributed by atoms with Crippen LogP contribution >= 0.6 is 0 Å². The zero-order valence-corrected chi connectivity index (χ0v) is 5.28. The van der Waals surface area contributed by atoms with Crippen LogP contribution in [0, 0.1) is 6.92 Å². The zero-order valence-electron chi connectivity index (χ0n) is 5.28. The molecule has 0 saturated heterocycles. The lowest BCUT2D eigenvalue weighted by Gasteiger charge is -1.98. The molecule has 1 aromatic heterocycles. The molecule has 0 spiro atoms. The average molecular weight is 120 g/mol. The molecule has 1 unspecified atom stereocenters. The van der Waals surface area contributed by atoms with E-state index in [9.17, 15) is 0 Å². The highest BCUT2D eigenvalue weighted by atomic mass is 15.1. The minimum atomic E-state index is -0.0151. The van der Waals surface area contributed by atoms with Gasteiger partial charge in [0, 0.05) is 12.1 Å². The van der Waals surface area contributed by atoms with Gasteiger partial charge in [0.05, 0.1) is 5.69 Å². The average Bonchev–Trinajstić information content (AvgIpc) is 1.90. The van der Waals surface area contributed by atoms with E-state index in [1.165, 1.54) is 0 Å². The van der Waals surface area contributed by atoms with Crippen molar-refractivity contribution >= 4 is 0 Å². The highest BCUT2D eigenvalue weighted by molar-refractivity contribution is 5.05. The summed E-state index contributed by atoms with van der Waals surface area (Å²) in [7, 11) is 0. The maximum absolute atomic E-state index is 5.51. The van der Waals surface area contributed by atoms with E-state index in [4.69, 9.17) is 6.92 Å². The maximum Gasteiger partial charge on any atom is 0.0662 e. The Balaban J connectivity index is 2.85. The van der Waals surface area contributed by atoms with Crippen LogP contribution in [0.2, 0.25) is 0 Å². The van der Waals surface area contributed by atoms with Gasteiger partial charge in [-0.25, -0.2) is 0 Å². The quantitative estimate of drug-likeness (QED) is 0.558. The Bertz CT molecular complexity index is 170. The second kappa shape index (κ2) is 2.58. The number of nitrogens with zero attached hydrogens (tertiary/aromatic N) is 2. The molecule has 9 heavy (non-hydrogen) atoms. The van der Waals surface area contributed by atoms with Crippen LogP contribution < -0.4 is 0 Å². The molecule has 1 aromatic rings. The fourth-order valence-electron chi connectivity index (χ4n) is 0.556. The molecule has 0 aliphatic heterocycles. The van der Waals surface area contributed by atoms with E-state index in [0.29, 0.717) is 0 Å². The smallest absolute Gasteiger partial charge is 0.0662 e. The van der Waals surface area contributed by atoms with Gasteiger partial charge < -0.3 is 0 Å². The van der Waals surface area contributed by atoms with Gasteiger partial charge in [0.2, 0.25) is 0 Å². The Kier molecular flexibility index (Phi) is 1.78. The third-order valence-electron chi connectivity index (χ3n) is 1.06. The molecule has 2 heteroatoms. The fraction of sp³-hybridized carbons (Fsp3) is 0.286. The molecular weight excluding hydrogens is 112 g/mol. The van der Waals surface area contributed by atoms with Crippen LogP contribution in [0.5, 0.6) is 0 Å². The molecule has 1 heterocycles. The Labute approximate surface area is 54.9 Å². The predicted molar refractivity (Wildman–Crippen MR) is 34.7 cm³/mol. The van der Waals surface area contributed by atoms with Gasteiger partial charge in [-0.2, -0.15) is 10.2 Å². The molecule has 0 bridgehead atoms. The first-order valence-corrected chi connectivity index (χ1v) is 2.84. The molecule has 2 radical (unpaired) electrons. The molecule has 1 atom stereocenters. The van der Waals surface area contributed by atoms with E-state index in [1.807, 2.05) is 19.1 Å². The van der Waals surface area contributed by atoms with Gasteiger partial charge in [0.1, 0.15) is 0 Å². The lowest BCUT2D eigenvalue weighted by molar-refractivity contribution is 0.843. The summed E-state index contributed by atoms with van der Waals surface area (Å²) in [6.07, 6.45) is 1.63. The van der Waals surface area contributed by atoms with E-state index < -0.39 is 0 Å². The molecule has 0 aromatic carbocycles. The number of hydrogen-bond donors (Lipinski definition) is 0. The Hall–Kier alpha value is -0.920. The Morgan fingerprint density at radius 1 is 1.67 bits per heavy atom. The van der Waals surface area contributed by atoms with Crippen LogP contribution in [0.3, 0.4) is 0 Å². The highest BCUT2D eigenvalue weighted by Gasteiger charge is 1.97. The summed E-state index contributed by atoms with van der Waals surface area (Å²) in [5, 5.41) is 7.48. The standard InChI is InChI=1S/C7H8N2/c1-6(2)7-4-3-5-8-9-7/h1,3-6H,2H3. The summed E-state index contributed by atoms with van der Waals surface area (Å²) in [6, 6.07) is 3.68. The third-order valence-corrected chi connectivity index (χ3v) is 1.06. The number of rotatable bonds is 1. The molecule has 0 saturated carbocycles. The van der Waals surface area contributed by atoms with Crippen LogP contribution in [0.25, 0.3) is 0 Å². The van der Waals surface area contributed by atoms with Gasteiger partial charge in [-0.05, 0) is 19.1 Å². The summed E-state index contributed by atoms with van der Waals surface area (Å²) in [4.78, 5) is 0. The lowest BCUT2D eigenvalue weighted by Crippen LogP contribution is -1.92. The summed E-state index contributed by atoms with van der Waals surface area (Å²) < 4.78 is 0. The van der Waals surface area contributed by atoms with Crippen molar-refractivity contribution in [1.29, 1.82) is 0 Å². The van der Waals surface area contributed by atoms with Crippen LogP contribution in [0.15, 0.2) is 18.3 Å². The largest absolute Gasteiger partial charge is 0.159 e. The molecule has 2 nitrogen and oxygen atoms in total. The molecule has 46 valence electrons. The van der Waals surface area contributed by atoms with Gasteiger partial charge in [0.15, 0.2) is 0 Å². The number of hydrogen-bond acceptors (Lipinski definition) is 2. The lowest BCUT2D eigenvalue weighted by atomic mass is 10.1. The van der Waals surface area contributed by atoms with E-state index in [-0.39, 0.29) is 5.92 Å². The van der Waals surface area contributed by atoms with Crippen molar-refractivity contribution in [2.24, 2.45) is 0 Å². The van der Waals surface area contributed by atoms with E-state index in [2.05, 4.69) is 10.2 Å². The second-order valence-electron chi connectivity index (χ2n) is 1.94. The van der Waals surface area contributed by atoms with Crippen molar-refractivity contribution in [3.8, 4) is 0 Å². The van der Waals surface area contributed by atoms with Gasteiger partial charge in [-0.15, -0.1) is 0 Å². The molecule has 0 N–H and O–H groups in total. The van der Waals surface area contributed by atoms with E-state index >= 15 is 0 Å². The van der Waals surface area contributed by atoms with Crippen molar-refractivity contribution in [2.45, 2.75) is 12.8 Å². The topological polar surface area (TPSA) is 25.8 Å². The molecular formula is C7H8N2. The van der Waals surface area contributed by atoms with Gasteiger partial charge >= 0.3 is 0 Å². The third kappa shape index (κ3) is 1.49. The van der Waals surface area contributed by atoms with Gasteiger partial charge in [-0.1, -0.05) is 6.92 Å². The molecule has 0 aliphatic rings. The first-order chi connectivity index (χ1) is 4.30. The minimum absolute atomic E-state index is 0.0151. The SMILES string of the molecule is [CH]C(C)c1cccnn1. The second-order valence-corrected chi connectivity index (χ2v) is 1.94. The van der Waals surface area contributed by atoms with Crippen molar-refractivity contribution in [2.75, 3.05) is 0 Å². The summed E-state index contributed by atoms with van der Waals surface area (Å²) in [5.41, 5.74) is 0.831. The monoisotopic (exact) mass is 120 g/mol. The highest BCUT2D eigenvalue weighted by Crippen LogP contribution is 2.06. The molecule has 0 aliphatic carbocycles. The first kappa shape index (κ1) is 6.20. The zero-order chi connectivity index (χ0) is 6.69. The van der Waals surface area contributed by atoms with E-state index in [0.717, 1.165) is 5.69 Å². The van der Waals surface area contributed by atoms with Crippen LogP contribution in [-0.4, -0.2) is 10.2 Å². The molecule has 0 amide bonds. The molecule has 0 fully saturated rings. The maximum atomic E-state index is 5.51.